The monoisotopic (exact) mass is 212 g/mol. The minimum atomic E-state index is -1.09. The zero-order valence-corrected chi connectivity index (χ0v) is 8.86. The molecule has 0 aromatic carbocycles. The molecule has 5 heteroatoms. The highest BCUT2D eigenvalue weighted by Crippen LogP contribution is 2.22. The summed E-state index contributed by atoms with van der Waals surface area (Å²) < 4.78 is 12.6. The molecule has 0 aliphatic heterocycles. The third-order valence-corrected chi connectivity index (χ3v) is 1.83. The fourth-order valence-corrected chi connectivity index (χ4v) is 1.28. The van der Waals surface area contributed by atoms with Crippen LogP contribution in [-0.4, -0.2) is 21.7 Å². The summed E-state index contributed by atoms with van der Waals surface area (Å²) in [7, 11) is 0. The van der Waals surface area contributed by atoms with Crippen molar-refractivity contribution in [3.63, 3.8) is 0 Å². The predicted octanol–water partition coefficient (Wildman–Crippen LogP) is 2.50. The summed E-state index contributed by atoms with van der Waals surface area (Å²) in [5.41, 5.74) is -0.234. The highest BCUT2D eigenvalue weighted by atomic mass is 19.1. The first-order chi connectivity index (χ1) is 6.82. The van der Waals surface area contributed by atoms with Crippen molar-refractivity contribution < 1.29 is 14.3 Å². The number of halogens is 1. The van der Waals surface area contributed by atoms with Crippen LogP contribution in [0.5, 0.6) is 0 Å². The average molecular weight is 212 g/mol. The number of pyridine rings is 1. The maximum absolute atomic E-state index is 12.6. The smallest absolute Gasteiger partial charge is 0.412 e. The molecule has 0 saturated heterocycles. The predicted molar refractivity (Wildman–Crippen MR) is 54.5 cm³/mol. The van der Waals surface area contributed by atoms with Crippen LogP contribution < -0.4 is 4.90 Å². The van der Waals surface area contributed by atoms with Gasteiger partial charge in [-0.05, 0) is 32.9 Å². The minimum absolute atomic E-state index is 0.358. The molecule has 0 radical (unpaired) electrons. The molecule has 0 atom stereocenters. The largest absolute Gasteiger partial charge is 0.465 e. The molecule has 1 rings (SSSR count). The lowest BCUT2D eigenvalue weighted by atomic mass is 10.1. The van der Waals surface area contributed by atoms with Gasteiger partial charge in [-0.1, -0.05) is 0 Å². The maximum Gasteiger partial charge on any atom is 0.412 e. The minimum Gasteiger partial charge on any atom is -0.465 e. The number of carboxylic acid groups (broad SMARTS) is 1. The van der Waals surface area contributed by atoms with Gasteiger partial charge in [0.1, 0.15) is 0 Å². The molecule has 0 saturated carbocycles. The molecule has 4 nitrogen and oxygen atoms in total. The van der Waals surface area contributed by atoms with Crippen LogP contribution in [0.2, 0.25) is 0 Å². The first-order valence-electron chi connectivity index (χ1n) is 4.47. The van der Waals surface area contributed by atoms with Crippen LogP contribution in [0.25, 0.3) is 0 Å². The van der Waals surface area contributed by atoms with Crippen molar-refractivity contribution in [2.45, 2.75) is 26.3 Å². The van der Waals surface area contributed by atoms with Gasteiger partial charge in [0, 0.05) is 5.54 Å². The third kappa shape index (κ3) is 2.65. The van der Waals surface area contributed by atoms with E-state index in [9.17, 15) is 9.18 Å². The zero-order valence-electron chi connectivity index (χ0n) is 8.86. The molecule has 1 heterocycles. The zero-order chi connectivity index (χ0) is 11.6. The number of carbonyl (C=O) groups is 1. The van der Waals surface area contributed by atoms with Crippen LogP contribution in [0.3, 0.4) is 0 Å². The number of amides is 1. The van der Waals surface area contributed by atoms with Crippen LogP contribution in [0.15, 0.2) is 18.3 Å². The first kappa shape index (κ1) is 11.4. The Morgan fingerprint density at radius 3 is 2.40 bits per heavy atom. The van der Waals surface area contributed by atoms with Gasteiger partial charge in [-0.25, -0.2) is 9.78 Å². The molecule has 1 aromatic heterocycles. The van der Waals surface area contributed by atoms with Gasteiger partial charge in [-0.2, -0.15) is 4.39 Å². The number of hydrogen-bond acceptors (Lipinski definition) is 2. The van der Waals surface area contributed by atoms with Crippen LogP contribution in [0, 0.1) is 5.95 Å². The van der Waals surface area contributed by atoms with Crippen molar-refractivity contribution in [2.75, 3.05) is 4.90 Å². The highest BCUT2D eigenvalue weighted by Gasteiger charge is 2.27. The van der Waals surface area contributed by atoms with E-state index in [-0.39, 0.29) is 0 Å². The van der Waals surface area contributed by atoms with Gasteiger partial charge in [-0.3, -0.25) is 4.90 Å². The van der Waals surface area contributed by atoms with E-state index < -0.39 is 17.6 Å². The number of aromatic nitrogens is 1. The fraction of sp³-hybridized carbons (Fsp3) is 0.400. The highest BCUT2D eigenvalue weighted by molar-refractivity contribution is 5.87. The summed E-state index contributed by atoms with van der Waals surface area (Å²) >= 11 is 0. The Labute approximate surface area is 87.4 Å². The second-order valence-electron chi connectivity index (χ2n) is 4.13. The van der Waals surface area contributed by atoms with Crippen molar-refractivity contribution in [3.8, 4) is 0 Å². The lowest BCUT2D eigenvalue weighted by Crippen LogP contribution is -2.45. The Balaban J connectivity index is 3.11. The normalized spacial score (nSPS) is 11.2. The van der Waals surface area contributed by atoms with Crippen LogP contribution >= 0.6 is 0 Å². The number of anilines is 1. The fourth-order valence-electron chi connectivity index (χ4n) is 1.28. The van der Waals surface area contributed by atoms with Gasteiger partial charge in [0.15, 0.2) is 0 Å². The van der Waals surface area contributed by atoms with Crippen molar-refractivity contribution in [1.29, 1.82) is 0 Å². The van der Waals surface area contributed by atoms with E-state index in [1.54, 1.807) is 20.8 Å². The number of nitrogens with zero attached hydrogens (tertiary/aromatic N) is 2. The summed E-state index contributed by atoms with van der Waals surface area (Å²) in [5.74, 6) is -0.627. The van der Waals surface area contributed by atoms with E-state index in [4.69, 9.17) is 5.11 Å². The molecular formula is C10H13FN2O2. The second kappa shape index (κ2) is 3.84. The van der Waals surface area contributed by atoms with Crippen LogP contribution in [0.4, 0.5) is 14.9 Å². The van der Waals surface area contributed by atoms with Crippen molar-refractivity contribution in [3.05, 3.63) is 24.3 Å². The van der Waals surface area contributed by atoms with Crippen molar-refractivity contribution in [1.82, 2.24) is 4.98 Å². The molecular weight excluding hydrogens is 199 g/mol. The second-order valence-corrected chi connectivity index (χ2v) is 4.13. The van der Waals surface area contributed by atoms with Gasteiger partial charge in [-0.15, -0.1) is 0 Å². The van der Waals surface area contributed by atoms with Gasteiger partial charge in [0.05, 0.1) is 11.9 Å². The molecule has 0 bridgehead atoms. The summed E-state index contributed by atoms with van der Waals surface area (Å²) in [6, 6.07) is 2.53. The quantitative estimate of drug-likeness (QED) is 0.727. The number of rotatable bonds is 1. The van der Waals surface area contributed by atoms with E-state index in [2.05, 4.69) is 4.98 Å². The Morgan fingerprint density at radius 1 is 1.47 bits per heavy atom. The first-order valence-corrected chi connectivity index (χ1v) is 4.47. The van der Waals surface area contributed by atoms with Gasteiger partial charge < -0.3 is 5.11 Å². The third-order valence-electron chi connectivity index (χ3n) is 1.83. The molecule has 0 aliphatic rings. The molecule has 0 aliphatic carbocycles. The summed E-state index contributed by atoms with van der Waals surface area (Å²) in [4.78, 5) is 15.6. The van der Waals surface area contributed by atoms with E-state index in [1.165, 1.54) is 12.3 Å². The van der Waals surface area contributed by atoms with E-state index in [0.29, 0.717) is 5.69 Å². The molecule has 15 heavy (non-hydrogen) atoms. The van der Waals surface area contributed by atoms with E-state index >= 15 is 0 Å². The maximum atomic E-state index is 12.6. The van der Waals surface area contributed by atoms with Crippen LogP contribution in [-0.2, 0) is 0 Å². The lowest BCUT2D eigenvalue weighted by Gasteiger charge is -2.32. The van der Waals surface area contributed by atoms with E-state index in [1.807, 2.05) is 0 Å². The molecule has 0 fully saturated rings. The molecule has 1 N–H and O–H groups in total. The summed E-state index contributed by atoms with van der Waals surface area (Å²) in [5, 5.41) is 9.04. The Kier molecular flexibility index (Phi) is 2.93. The van der Waals surface area contributed by atoms with Crippen LogP contribution in [0.1, 0.15) is 20.8 Å². The molecule has 0 unspecified atom stereocenters. The average Bonchev–Trinajstić information content (AvgIpc) is 2.05. The van der Waals surface area contributed by atoms with Gasteiger partial charge >= 0.3 is 6.09 Å². The standard InChI is InChI=1S/C10H13FN2O2/c1-10(2,3)13(9(14)15)7-4-5-8(11)12-6-7/h4-6H,1-3H3,(H,14,15). The molecule has 1 amide bonds. The Bertz CT molecular complexity index is 357. The Morgan fingerprint density at radius 2 is 2.07 bits per heavy atom. The van der Waals surface area contributed by atoms with Crippen molar-refractivity contribution >= 4 is 11.8 Å². The van der Waals surface area contributed by atoms with Gasteiger partial charge in [0.2, 0.25) is 5.95 Å². The van der Waals surface area contributed by atoms with E-state index in [0.717, 1.165) is 11.0 Å². The van der Waals surface area contributed by atoms with Crippen molar-refractivity contribution in [2.24, 2.45) is 0 Å². The molecule has 82 valence electrons. The topological polar surface area (TPSA) is 53.4 Å². The lowest BCUT2D eigenvalue weighted by molar-refractivity contribution is 0.195. The number of hydrogen-bond donors (Lipinski definition) is 1. The molecule has 0 spiro atoms. The molecule has 1 aromatic rings. The Hall–Kier alpha value is -1.65. The SMILES string of the molecule is CC(C)(C)N(C(=O)O)c1ccc(F)nc1. The summed E-state index contributed by atoms with van der Waals surface area (Å²) in [6.45, 7) is 5.26. The summed E-state index contributed by atoms with van der Waals surface area (Å²) in [6.07, 6.45) is 0.116. The van der Waals surface area contributed by atoms with Gasteiger partial charge in [0.25, 0.3) is 0 Å².